The average Bonchev–Trinajstić information content (AvgIpc) is 3.35. The van der Waals surface area contributed by atoms with Gasteiger partial charge >= 0.3 is 0 Å². The van der Waals surface area contributed by atoms with E-state index >= 15 is 0 Å². The largest absolute Gasteiger partial charge is 0.382 e. The van der Waals surface area contributed by atoms with Crippen LogP contribution in [-0.2, 0) is 31.8 Å². The van der Waals surface area contributed by atoms with Crippen LogP contribution in [0.2, 0.25) is 0 Å². The van der Waals surface area contributed by atoms with E-state index in [0.29, 0.717) is 119 Å². The summed E-state index contributed by atoms with van der Waals surface area (Å²) in [5, 5.41) is 0. The number of rotatable bonds is 10. The molecule has 0 N–H and O–H groups in total. The lowest BCUT2D eigenvalue weighted by molar-refractivity contribution is -0.0102. The van der Waals surface area contributed by atoms with E-state index in [-0.39, 0.29) is 30.1 Å². The van der Waals surface area contributed by atoms with Crippen LogP contribution in [-0.4, -0.2) is 142 Å². The van der Waals surface area contributed by atoms with E-state index in [1.54, 1.807) is 51.1 Å². The molecule has 0 bridgehead atoms. The number of fused-ring (bicyclic) bond motifs is 2. The fourth-order valence-electron chi connectivity index (χ4n) is 8.83. The van der Waals surface area contributed by atoms with Crippen molar-refractivity contribution in [3.63, 3.8) is 0 Å². The highest BCUT2D eigenvalue weighted by atomic mass is 19.1. The summed E-state index contributed by atoms with van der Waals surface area (Å²) in [6, 6.07) is 9.83. The topological polar surface area (TPSA) is 179 Å². The third-order valence-corrected chi connectivity index (χ3v) is 12.1. The Hall–Kier alpha value is -6.48. The standard InChI is InChI=1S/2C23H26FN7O2/c1-15-18-12-27-23(22-25-5-3-6-26-22)28-19(18)4-7-31(15)21-11-16(10-20(24)29-21)30-8-9-33-17(13-30)14-32-2;1-15-18-12-27-23(22-25-5-3-6-26-22)28-19(18)4-7-31(15)21-11-16(24)10-20(29-21)30-8-9-33-17(13-30)14-32-2/h2*3,5-6,10-12,15,17H,4,7-9,13-14H2,1-2H3. The second kappa shape index (κ2) is 20.4. The minimum absolute atomic E-state index is 0.0378. The van der Waals surface area contributed by atoms with Crippen LogP contribution < -0.4 is 19.6 Å². The number of ether oxygens (including phenoxy) is 4. The van der Waals surface area contributed by atoms with E-state index in [1.165, 1.54) is 18.2 Å². The highest BCUT2D eigenvalue weighted by Gasteiger charge is 2.31. The molecule has 344 valence electrons. The SMILES string of the molecule is COCC1CN(c2cc(F)cc(N3CCc4nc(-c5ncccn5)ncc4C3C)n2)CCO1.COCC1CN(c2cc(F)nc(N3CCc4nc(-c5ncccn5)ncc4C3C)c2)CCO1. The van der Waals surface area contributed by atoms with Gasteiger partial charge in [-0.05, 0) is 26.0 Å². The number of aromatic nitrogens is 10. The van der Waals surface area contributed by atoms with Crippen LogP contribution in [0.5, 0.6) is 0 Å². The Morgan fingerprint density at radius 2 is 1.08 bits per heavy atom. The Morgan fingerprint density at radius 1 is 0.576 bits per heavy atom. The van der Waals surface area contributed by atoms with E-state index in [9.17, 15) is 8.78 Å². The van der Waals surface area contributed by atoms with Crippen molar-refractivity contribution in [2.24, 2.45) is 0 Å². The van der Waals surface area contributed by atoms with Crippen LogP contribution >= 0.6 is 0 Å². The molecule has 10 rings (SSSR count). The van der Waals surface area contributed by atoms with Crippen LogP contribution in [0.25, 0.3) is 23.3 Å². The van der Waals surface area contributed by atoms with Crippen LogP contribution in [0.15, 0.2) is 73.6 Å². The highest BCUT2D eigenvalue weighted by molar-refractivity contribution is 5.58. The zero-order chi connectivity index (χ0) is 45.6. The molecular weight excluding hydrogens is 851 g/mol. The van der Waals surface area contributed by atoms with Crippen molar-refractivity contribution in [3.8, 4) is 23.3 Å². The molecule has 0 saturated carbocycles. The maximum atomic E-state index is 14.7. The summed E-state index contributed by atoms with van der Waals surface area (Å²) in [6.45, 7) is 10.2. The highest BCUT2D eigenvalue weighted by Crippen LogP contribution is 2.36. The van der Waals surface area contributed by atoms with Gasteiger partial charge in [0.2, 0.25) is 5.95 Å². The molecule has 20 heteroatoms. The number of nitrogens with zero attached hydrogens (tertiary/aromatic N) is 14. The third-order valence-electron chi connectivity index (χ3n) is 12.1. The number of hydrogen-bond donors (Lipinski definition) is 0. The number of pyridine rings is 2. The first-order valence-corrected chi connectivity index (χ1v) is 22.1. The Morgan fingerprint density at radius 3 is 1.62 bits per heavy atom. The van der Waals surface area contributed by atoms with E-state index in [2.05, 4.69) is 68.3 Å². The van der Waals surface area contributed by atoms with Crippen LogP contribution in [0, 0.1) is 11.8 Å². The van der Waals surface area contributed by atoms with Crippen LogP contribution in [0.1, 0.15) is 48.4 Å². The molecule has 0 aromatic carbocycles. The van der Waals surface area contributed by atoms with Crippen molar-refractivity contribution >= 4 is 23.1 Å². The summed E-state index contributed by atoms with van der Waals surface area (Å²) in [7, 11) is 3.30. The Labute approximate surface area is 381 Å². The molecule has 0 amide bonds. The molecule has 66 heavy (non-hydrogen) atoms. The van der Waals surface area contributed by atoms with Gasteiger partial charge in [-0.15, -0.1) is 0 Å². The van der Waals surface area contributed by atoms with Gasteiger partial charge in [0.25, 0.3) is 0 Å². The molecule has 4 aliphatic rings. The summed E-state index contributed by atoms with van der Waals surface area (Å²) >= 11 is 0. The molecule has 0 aliphatic carbocycles. The number of anilines is 4. The van der Waals surface area contributed by atoms with Crippen molar-refractivity contribution in [1.82, 2.24) is 49.8 Å². The molecule has 2 saturated heterocycles. The molecule has 4 atom stereocenters. The minimum atomic E-state index is -0.497. The molecule has 6 aromatic heterocycles. The molecular formula is C46H52F2N14O4. The lowest BCUT2D eigenvalue weighted by atomic mass is 9.99. The van der Waals surface area contributed by atoms with Crippen molar-refractivity contribution in [3.05, 3.63) is 108 Å². The summed E-state index contributed by atoms with van der Waals surface area (Å²) in [5.41, 5.74) is 4.72. The number of morpholine rings is 2. The monoisotopic (exact) mass is 902 g/mol. The summed E-state index contributed by atoms with van der Waals surface area (Å²) < 4.78 is 51.1. The zero-order valence-corrected chi connectivity index (χ0v) is 37.4. The summed E-state index contributed by atoms with van der Waals surface area (Å²) in [4.78, 5) is 52.8. The van der Waals surface area contributed by atoms with Gasteiger partial charge in [0.05, 0.1) is 62.1 Å². The second-order valence-corrected chi connectivity index (χ2v) is 16.4. The third kappa shape index (κ3) is 10.0. The molecule has 10 heterocycles. The van der Waals surface area contributed by atoms with Gasteiger partial charge in [-0.1, -0.05) is 0 Å². The van der Waals surface area contributed by atoms with E-state index in [0.717, 1.165) is 28.2 Å². The Kier molecular flexibility index (Phi) is 13.8. The van der Waals surface area contributed by atoms with Gasteiger partial charge in [0, 0.05) is 145 Å². The normalized spacial score (nSPS) is 20.6. The summed E-state index contributed by atoms with van der Waals surface area (Å²) in [6.07, 6.45) is 11.6. The van der Waals surface area contributed by atoms with Gasteiger partial charge in [-0.25, -0.2) is 54.2 Å². The maximum Gasteiger partial charge on any atom is 0.216 e. The van der Waals surface area contributed by atoms with Crippen LogP contribution in [0.4, 0.5) is 31.9 Å². The number of halogens is 2. The predicted molar refractivity (Wildman–Crippen MR) is 241 cm³/mol. The van der Waals surface area contributed by atoms with E-state index < -0.39 is 5.95 Å². The fraction of sp³-hybridized carbons (Fsp3) is 0.435. The van der Waals surface area contributed by atoms with E-state index in [1.807, 2.05) is 18.5 Å². The first-order valence-electron chi connectivity index (χ1n) is 22.1. The van der Waals surface area contributed by atoms with E-state index in [4.69, 9.17) is 33.9 Å². The molecule has 2 fully saturated rings. The number of methoxy groups -OCH3 is 2. The zero-order valence-electron chi connectivity index (χ0n) is 37.4. The van der Waals surface area contributed by atoms with Crippen molar-refractivity contribution in [1.29, 1.82) is 0 Å². The Balaban J connectivity index is 0.000000166. The predicted octanol–water partition coefficient (Wildman–Crippen LogP) is 4.89. The minimum Gasteiger partial charge on any atom is -0.382 e. The number of hydrogen-bond acceptors (Lipinski definition) is 18. The van der Waals surface area contributed by atoms with Crippen molar-refractivity contribution < 1.29 is 27.7 Å². The maximum absolute atomic E-state index is 14.7. The lowest BCUT2D eigenvalue weighted by Crippen LogP contribution is -2.45. The molecule has 0 spiro atoms. The van der Waals surface area contributed by atoms with Crippen molar-refractivity contribution in [2.75, 3.05) is 99.5 Å². The first kappa shape index (κ1) is 44.7. The van der Waals surface area contributed by atoms with Gasteiger partial charge < -0.3 is 38.5 Å². The summed E-state index contributed by atoms with van der Waals surface area (Å²) in [5.74, 6) is 3.05. The van der Waals surface area contributed by atoms with Crippen LogP contribution in [0.3, 0.4) is 0 Å². The van der Waals surface area contributed by atoms with Crippen molar-refractivity contribution in [2.45, 2.75) is 51.0 Å². The average molecular weight is 903 g/mol. The molecule has 18 nitrogen and oxygen atoms in total. The molecule has 0 radical (unpaired) electrons. The molecule has 4 unspecified atom stereocenters. The molecule has 6 aromatic rings. The first-order chi connectivity index (χ1) is 32.2. The molecule has 4 aliphatic heterocycles. The smallest absolute Gasteiger partial charge is 0.216 e. The van der Waals surface area contributed by atoms with Gasteiger partial charge in [0.15, 0.2) is 23.3 Å². The second-order valence-electron chi connectivity index (χ2n) is 16.4. The lowest BCUT2D eigenvalue weighted by Gasteiger charge is -2.37. The van der Waals surface area contributed by atoms with Gasteiger partial charge in [-0.2, -0.15) is 4.39 Å². The van der Waals surface area contributed by atoms with Gasteiger partial charge in [0.1, 0.15) is 23.3 Å². The fourth-order valence-corrected chi connectivity index (χ4v) is 8.83. The Bertz CT molecular complexity index is 2410. The van der Waals surface area contributed by atoms with Gasteiger partial charge in [-0.3, -0.25) is 0 Å². The quantitative estimate of drug-likeness (QED) is 0.170.